The summed E-state index contributed by atoms with van der Waals surface area (Å²) >= 11 is 0. The van der Waals surface area contributed by atoms with Crippen LogP contribution in [0, 0.1) is 17.2 Å². The third-order valence-corrected chi connectivity index (χ3v) is 3.81. The maximum Gasteiger partial charge on any atom is 0.258 e. The fourth-order valence-electron chi connectivity index (χ4n) is 2.55. The van der Waals surface area contributed by atoms with Gasteiger partial charge in [0.2, 0.25) is 0 Å². The van der Waals surface area contributed by atoms with Crippen LogP contribution in [0.3, 0.4) is 0 Å². The Hall–Kier alpha value is -2.02. The van der Waals surface area contributed by atoms with Gasteiger partial charge in [0.15, 0.2) is 6.61 Å². The van der Waals surface area contributed by atoms with Gasteiger partial charge in [0, 0.05) is 6.04 Å². The number of ether oxygens (including phenoxy) is 1. The lowest BCUT2D eigenvalue weighted by atomic mass is 9.86. The Labute approximate surface area is 119 Å². The van der Waals surface area contributed by atoms with Crippen LogP contribution in [0.15, 0.2) is 24.3 Å². The lowest BCUT2D eigenvalue weighted by Gasteiger charge is -2.29. The smallest absolute Gasteiger partial charge is 0.258 e. The van der Waals surface area contributed by atoms with Gasteiger partial charge in [0.25, 0.3) is 5.91 Å². The quantitative estimate of drug-likeness (QED) is 0.916. The van der Waals surface area contributed by atoms with Crippen molar-refractivity contribution in [1.82, 2.24) is 5.32 Å². The zero-order valence-corrected chi connectivity index (χ0v) is 11.8. The van der Waals surface area contributed by atoms with E-state index in [1.165, 1.54) is 19.3 Å². The van der Waals surface area contributed by atoms with Gasteiger partial charge in [0.1, 0.15) is 5.75 Å². The third-order valence-electron chi connectivity index (χ3n) is 3.81. The van der Waals surface area contributed by atoms with Gasteiger partial charge in [-0.15, -0.1) is 0 Å². The minimum absolute atomic E-state index is 0.0229. The Balaban J connectivity index is 1.78. The van der Waals surface area contributed by atoms with Gasteiger partial charge in [-0.2, -0.15) is 5.26 Å². The molecule has 0 saturated heterocycles. The number of rotatable bonds is 4. The van der Waals surface area contributed by atoms with E-state index in [9.17, 15) is 4.79 Å². The van der Waals surface area contributed by atoms with Crippen molar-refractivity contribution in [3.63, 3.8) is 0 Å². The van der Waals surface area contributed by atoms with Crippen molar-refractivity contribution in [2.75, 3.05) is 6.61 Å². The second-order valence-corrected chi connectivity index (χ2v) is 5.36. The molecule has 1 fully saturated rings. The Morgan fingerprint density at radius 3 is 2.70 bits per heavy atom. The summed E-state index contributed by atoms with van der Waals surface area (Å²) in [7, 11) is 0. The minimum Gasteiger partial charge on any atom is -0.484 e. The average Bonchev–Trinajstić information content (AvgIpc) is 2.48. The van der Waals surface area contributed by atoms with E-state index >= 15 is 0 Å². The maximum atomic E-state index is 11.9. The number of benzene rings is 1. The number of nitriles is 1. The number of hydrogen-bond donors (Lipinski definition) is 1. The molecule has 0 bridgehead atoms. The van der Waals surface area contributed by atoms with Crippen molar-refractivity contribution < 1.29 is 9.53 Å². The van der Waals surface area contributed by atoms with Crippen LogP contribution >= 0.6 is 0 Å². The van der Waals surface area contributed by atoms with E-state index < -0.39 is 0 Å². The molecule has 1 amide bonds. The molecule has 0 aromatic heterocycles. The Kier molecular flexibility index (Phi) is 5.00. The Bertz CT molecular complexity index is 490. The fraction of sp³-hybridized carbons (Fsp3) is 0.500. The molecule has 4 heteroatoms. The van der Waals surface area contributed by atoms with E-state index in [2.05, 4.69) is 12.2 Å². The van der Waals surface area contributed by atoms with Gasteiger partial charge < -0.3 is 10.1 Å². The summed E-state index contributed by atoms with van der Waals surface area (Å²) in [4.78, 5) is 11.9. The highest BCUT2D eigenvalue weighted by molar-refractivity contribution is 5.77. The normalized spacial score (nSPS) is 21.8. The van der Waals surface area contributed by atoms with Gasteiger partial charge >= 0.3 is 0 Å². The Morgan fingerprint density at radius 2 is 2.05 bits per heavy atom. The molecule has 2 atom stereocenters. The minimum atomic E-state index is -0.0758. The molecule has 106 valence electrons. The van der Waals surface area contributed by atoms with Crippen molar-refractivity contribution in [2.45, 2.75) is 38.6 Å². The average molecular weight is 272 g/mol. The summed E-state index contributed by atoms with van der Waals surface area (Å²) < 4.78 is 5.42. The molecule has 1 aromatic rings. The molecule has 0 heterocycles. The highest BCUT2D eigenvalue weighted by Gasteiger charge is 2.22. The standard InChI is InChI=1S/C16H20N2O2/c1-12-4-2-3-5-15(12)18-16(19)11-20-14-8-6-13(10-17)7-9-14/h6-9,12,15H,2-5,11H2,1H3,(H,18,19)/t12-,15-/m0/s1. The highest BCUT2D eigenvalue weighted by Crippen LogP contribution is 2.23. The van der Waals surface area contributed by atoms with Gasteiger partial charge in [0.05, 0.1) is 11.6 Å². The lowest BCUT2D eigenvalue weighted by Crippen LogP contribution is -2.43. The summed E-state index contributed by atoms with van der Waals surface area (Å²) in [6.45, 7) is 2.21. The molecular formula is C16H20N2O2. The van der Waals surface area contributed by atoms with Crippen molar-refractivity contribution in [1.29, 1.82) is 5.26 Å². The Morgan fingerprint density at radius 1 is 1.35 bits per heavy atom. The highest BCUT2D eigenvalue weighted by atomic mass is 16.5. The lowest BCUT2D eigenvalue weighted by molar-refractivity contribution is -0.124. The number of nitrogens with one attached hydrogen (secondary N) is 1. The maximum absolute atomic E-state index is 11.9. The van der Waals surface area contributed by atoms with Crippen molar-refractivity contribution in [3.05, 3.63) is 29.8 Å². The second kappa shape index (κ2) is 6.95. The third kappa shape index (κ3) is 3.99. The number of amides is 1. The molecule has 1 N–H and O–H groups in total. The van der Waals surface area contributed by atoms with Gasteiger partial charge in [-0.3, -0.25) is 4.79 Å². The topological polar surface area (TPSA) is 62.1 Å². The van der Waals surface area contributed by atoms with Crippen molar-refractivity contribution in [3.8, 4) is 11.8 Å². The van der Waals surface area contributed by atoms with Crippen LogP contribution in [-0.4, -0.2) is 18.6 Å². The summed E-state index contributed by atoms with van der Waals surface area (Å²) in [6.07, 6.45) is 4.69. The van der Waals surface area contributed by atoms with Crippen molar-refractivity contribution in [2.24, 2.45) is 5.92 Å². The summed E-state index contributed by atoms with van der Waals surface area (Å²) in [5.41, 5.74) is 0.581. The van der Waals surface area contributed by atoms with Crippen molar-refractivity contribution >= 4 is 5.91 Å². The zero-order chi connectivity index (χ0) is 14.4. The van der Waals surface area contributed by atoms with E-state index in [1.54, 1.807) is 24.3 Å². The molecule has 1 saturated carbocycles. The SMILES string of the molecule is C[C@H]1CCCC[C@@H]1NC(=O)COc1ccc(C#N)cc1. The first-order valence-electron chi connectivity index (χ1n) is 7.11. The van der Waals surface area contributed by atoms with Crippen LogP contribution in [-0.2, 0) is 4.79 Å². The monoisotopic (exact) mass is 272 g/mol. The van der Waals surface area contributed by atoms with Crippen LogP contribution < -0.4 is 10.1 Å². The first-order chi connectivity index (χ1) is 9.69. The first-order valence-corrected chi connectivity index (χ1v) is 7.11. The summed E-state index contributed by atoms with van der Waals surface area (Å²) in [5.74, 6) is 1.08. The molecule has 0 aliphatic heterocycles. The molecule has 1 aliphatic rings. The number of hydrogen-bond acceptors (Lipinski definition) is 3. The molecule has 1 aliphatic carbocycles. The van der Waals surface area contributed by atoms with Gasteiger partial charge in [-0.25, -0.2) is 0 Å². The number of nitrogens with zero attached hydrogens (tertiary/aromatic N) is 1. The molecule has 1 aromatic carbocycles. The molecule has 0 radical (unpaired) electrons. The van der Waals surface area contributed by atoms with Crippen LogP contribution in [0.25, 0.3) is 0 Å². The van der Waals surface area contributed by atoms with E-state index in [-0.39, 0.29) is 18.6 Å². The van der Waals surface area contributed by atoms with Crippen LogP contribution in [0.4, 0.5) is 0 Å². The molecule has 4 nitrogen and oxygen atoms in total. The summed E-state index contributed by atoms with van der Waals surface area (Å²) in [5, 5.41) is 11.7. The molecular weight excluding hydrogens is 252 g/mol. The zero-order valence-electron chi connectivity index (χ0n) is 11.8. The molecule has 2 rings (SSSR count). The van der Waals surface area contributed by atoms with E-state index in [1.807, 2.05) is 6.07 Å². The van der Waals surface area contributed by atoms with E-state index in [0.717, 1.165) is 6.42 Å². The first kappa shape index (κ1) is 14.4. The number of carbonyl (C=O) groups excluding carboxylic acids is 1. The summed E-state index contributed by atoms with van der Waals surface area (Å²) in [6, 6.07) is 9.08. The van der Waals surface area contributed by atoms with Crippen LogP contribution in [0.2, 0.25) is 0 Å². The number of carbonyl (C=O) groups is 1. The van der Waals surface area contributed by atoms with Crippen LogP contribution in [0.1, 0.15) is 38.2 Å². The van der Waals surface area contributed by atoms with Gasteiger partial charge in [-0.05, 0) is 43.0 Å². The predicted octanol–water partition coefficient (Wildman–Crippen LogP) is 2.63. The largest absolute Gasteiger partial charge is 0.484 e. The predicted molar refractivity (Wildman–Crippen MR) is 76.2 cm³/mol. The fourth-order valence-corrected chi connectivity index (χ4v) is 2.55. The van der Waals surface area contributed by atoms with Gasteiger partial charge in [-0.1, -0.05) is 19.8 Å². The van der Waals surface area contributed by atoms with Crippen LogP contribution in [0.5, 0.6) is 5.75 Å². The molecule has 0 unspecified atom stereocenters. The van der Waals surface area contributed by atoms with E-state index in [0.29, 0.717) is 17.2 Å². The second-order valence-electron chi connectivity index (χ2n) is 5.36. The molecule has 0 spiro atoms. The van der Waals surface area contributed by atoms with E-state index in [4.69, 9.17) is 10.00 Å². The molecule has 20 heavy (non-hydrogen) atoms.